The van der Waals surface area contributed by atoms with Gasteiger partial charge in [0.25, 0.3) is 0 Å². The molecule has 132 valence electrons. The van der Waals surface area contributed by atoms with Gasteiger partial charge in [0, 0.05) is 38.6 Å². The quantitative estimate of drug-likeness (QED) is 0.664. The second-order valence-electron chi connectivity index (χ2n) is 7.03. The van der Waals surface area contributed by atoms with Gasteiger partial charge in [0.15, 0.2) is 0 Å². The summed E-state index contributed by atoms with van der Waals surface area (Å²) in [4.78, 5) is 25.9. The highest BCUT2D eigenvalue weighted by Gasteiger charge is 2.17. The molecule has 1 saturated heterocycles. The van der Waals surface area contributed by atoms with Gasteiger partial charge in [-0.15, -0.1) is 0 Å². The molecule has 0 aromatic heterocycles. The van der Waals surface area contributed by atoms with Gasteiger partial charge in [-0.3, -0.25) is 4.79 Å². The molecule has 0 aromatic carbocycles. The maximum Gasteiger partial charge on any atom is 0.314 e. The van der Waals surface area contributed by atoms with Gasteiger partial charge in [0.2, 0.25) is 5.91 Å². The summed E-state index contributed by atoms with van der Waals surface area (Å²) in [6, 6.07) is 0.173. The second-order valence-corrected chi connectivity index (χ2v) is 7.03. The molecule has 1 unspecified atom stereocenters. The lowest BCUT2D eigenvalue weighted by molar-refractivity contribution is -0.121. The van der Waals surface area contributed by atoms with Gasteiger partial charge < -0.3 is 20.9 Å². The standard InChI is InChI=1S/C17H32N4O2/c1-14-5-4-11-21(13-14)12-10-19-17(23)18-9-8-16(22)20-15-6-2-3-7-15/h14-15H,2-13H2,1H3,(H,20,22)(H2,18,19,23). The van der Waals surface area contributed by atoms with Crippen molar-refractivity contribution in [3.8, 4) is 0 Å². The third-order valence-corrected chi connectivity index (χ3v) is 4.81. The van der Waals surface area contributed by atoms with Crippen LogP contribution in [0.1, 0.15) is 51.9 Å². The number of nitrogens with zero attached hydrogens (tertiary/aromatic N) is 1. The lowest BCUT2D eigenvalue weighted by atomic mass is 10.0. The Morgan fingerprint density at radius 1 is 1.04 bits per heavy atom. The molecule has 1 heterocycles. The van der Waals surface area contributed by atoms with E-state index in [-0.39, 0.29) is 11.9 Å². The Hall–Kier alpha value is -1.30. The Labute approximate surface area is 139 Å². The molecule has 1 aliphatic carbocycles. The molecule has 3 N–H and O–H groups in total. The molecule has 23 heavy (non-hydrogen) atoms. The van der Waals surface area contributed by atoms with E-state index in [0.29, 0.717) is 25.6 Å². The monoisotopic (exact) mass is 324 g/mol. The highest BCUT2D eigenvalue weighted by Crippen LogP contribution is 2.17. The van der Waals surface area contributed by atoms with E-state index >= 15 is 0 Å². The highest BCUT2D eigenvalue weighted by atomic mass is 16.2. The number of carbonyl (C=O) groups is 2. The maximum absolute atomic E-state index is 11.7. The molecule has 0 radical (unpaired) electrons. The molecule has 2 rings (SSSR count). The van der Waals surface area contributed by atoms with Crippen molar-refractivity contribution in [1.82, 2.24) is 20.9 Å². The number of piperidine rings is 1. The van der Waals surface area contributed by atoms with E-state index in [9.17, 15) is 9.59 Å². The van der Waals surface area contributed by atoms with E-state index in [4.69, 9.17) is 0 Å². The third kappa shape index (κ3) is 7.20. The first-order valence-corrected chi connectivity index (χ1v) is 9.17. The molecule has 2 aliphatic rings. The Balaban J connectivity index is 1.47. The number of likely N-dealkylation sites (tertiary alicyclic amines) is 1. The average molecular weight is 324 g/mol. The molecule has 0 bridgehead atoms. The van der Waals surface area contributed by atoms with Crippen LogP contribution in [0.15, 0.2) is 0 Å². The van der Waals surface area contributed by atoms with Crippen molar-refractivity contribution in [2.75, 3.05) is 32.7 Å². The van der Waals surface area contributed by atoms with Crippen molar-refractivity contribution < 1.29 is 9.59 Å². The fourth-order valence-electron chi connectivity index (χ4n) is 3.54. The number of hydrogen-bond acceptors (Lipinski definition) is 3. The van der Waals surface area contributed by atoms with Crippen LogP contribution in [0.4, 0.5) is 4.79 Å². The minimum absolute atomic E-state index is 0.0412. The van der Waals surface area contributed by atoms with Crippen LogP contribution in [0.25, 0.3) is 0 Å². The summed E-state index contributed by atoms with van der Waals surface area (Å²) in [6.07, 6.45) is 7.52. The van der Waals surface area contributed by atoms with Crippen LogP contribution in [0.2, 0.25) is 0 Å². The van der Waals surface area contributed by atoms with Crippen molar-refractivity contribution in [2.45, 2.75) is 57.9 Å². The Bertz CT molecular complexity index is 383. The van der Waals surface area contributed by atoms with Crippen LogP contribution < -0.4 is 16.0 Å². The summed E-state index contributed by atoms with van der Waals surface area (Å²) in [7, 11) is 0. The number of nitrogens with one attached hydrogen (secondary N) is 3. The highest BCUT2D eigenvalue weighted by molar-refractivity contribution is 5.78. The van der Waals surface area contributed by atoms with E-state index in [0.717, 1.165) is 38.4 Å². The molecule has 1 aliphatic heterocycles. The molecule has 3 amide bonds. The summed E-state index contributed by atoms with van der Waals surface area (Å²) in [5, 5.41) is 8.65. The normalized spacial score (nSPS) is 22.7. The summed E-state index contributed by atoms with van der Waals surface area (Å²) in [5.41, 5.74) is 0. The van der Waals surface area contributed by atoms with Gasteiger partial charge in [0.1, 0.15) is 0 Å². The zero-order valence-corrected chi connectivity index (χ0v) is 14.4. The van der Waals surface area contributed by atoms with Crippen molar-refractivity contribution in [3.63, 3.8) is 0 Å². The van der Waals surface area contributed by atoms with Crippen LogP contribution >= 0.6 is 0 Å². The first-order chi connectivity index (χ1) is 11.1. The summed E-state index contributed by atoms with van der Waals surface area (Å²) in [6.45, 7) is 6.50. The first-order valence-electron chi connectivity index (χ1n) is 9.17. The summed E-state index contributed by atoms with van der Waals surface area (Å²) < 4.78 is 0. The molecule has 6 heteroatoms. The molecule has 1 saturated carbocycles. The van der Waals surface area contributed by atoms with E-state index in [1.54, 1.807) is 0 Å². The zero-order valence-electron chi connectivity index (χ0n) is 14.4. The Kier molecular flexibility index (Phi) is 7.65. The van der Waals surface area contributed by atoms with Crippen molar-refractivity contribution in [2.24, 2.45) is 5.92 Å². The van der Waals surface area contributed by atoms with Crippen molar-refractivity contribution >= 4 is 11.9 Å². The van der Waals surface area contributed by atoms with E-state index in [1.165, 1.54) is 25.7 Å². The fraction of sp³-hybridized carbons (Fsp3) is 0.882. The largest absolute Gasteiger partial charge is 0.353 e. The maximum atomic E-state index is 11.7. The van der Waals surface area contributed by atoms with Crippen molar-refractivity contribution in [3.05, 3.63) is 0 Å². The van der Waals surface area contributed by atoms with Gasteiger partial charge >= 0.3 is 6.03 Å². The van der Waals surface area contributed by atoms with Crippen molar-refractivity contribution in [1.29, 1.82) is 0 Å². The topological polar surface area (TPSA) is 73.5 Å². The van der Waals surface area contributed by atoms with E-state index in [1.807, 2.05) is 0 Å². The number of rotatable bonds is 7. The molecule has 0 spiro atoms. The van der Waals surface area contributed by atoms with E-state index in [2.05, 4.69) is 27.8 Å². The van der Waals surface area contributed by atoms with Crippen LogP contribution in [-0.2, 0) is 4.79 Å². The van der Waals surface area contributed by atoms with Gasteiger partial charge in [-0.05, 0) is 38.1 Å². The molecule has 2 fully saturated rings. The number of carbonyl (C=O) groups excluding carboxylic acids is 2. The van der Waals surface area contributed by atoms with Crippen LogP contribution in [-0.4, -0.2) is 55.6 Å². The summed E-state index contributed by atoms with van der Waals surface area (Å²) >= 11 is 0. The molecule has 0 aromatic rings. The lowest BCUT2D eigenvalue weighted by Crippen LogP contribution is -2.43. The summed E-state index contributed by atoms with van der Waals surface area (Å²) in [5.74, 6) is 0.801. The molecular formula is C17H32N4O2. The van der Waals surface area contributed by atoms with Crippen LogP contribution in [0.3, 0.4) is 0 Å². The molecule has 6 nitrogen and oxygen atoms in total. The average Bonchev–Trinajstić information content (AvgIpc) is 3.00. The Morgan fingerprint density at radius 2 is 1.78 bits per heavy atom. The Morgan fingerprint density at radius 3 is 2.52 bits per heavy atom. The first kappa shape index (κ1) is 18.0. The zero-order chi connectivity index (χ0) is 16.5. The third-order valence-electron chi connectivity index (χ3n) is 4.81. The number of hydrogen-bond donors (Lipinski definition) is 3. The predicted molar refractivity (Wildman–Crippen MR) is 91.3 cm³/mol. The van der Waals surface area contributed by atoms with Gasteiger partial charge in [-0.25, -0.2) is 4.79 Å². The van der Waals surface area contributed by atoms with Gasteiger partial charge in [-0.2, -0.15) is 0 Å². The van der Waals surface area contributed by atoms with Gasteiger partial charge in [-0.1, -0.05) is 19.8 Å². The number of amides is 3. The van der Waals surface area contributed by atoms with Gasteiger partial charge in [0.05, 0.1) is 0 Å². The number of urea groups is 1. The van der Waals surface area contributed by atoms with Crippen LogP contribution in [0.5, 0.6) is 0 Å². The smallest absolute Gasteiger partial charge is 0.314 e. The molecule has 1 atom stereocenters. The predicted octanol–water partition coefficient (Wildman–Crippen LogP) is 1.47. The fourth-order valence-corrected chi connectivity index (χ4v) is 3.54. The van der Waals surface area contributed by atoms with E-state index < -0.39 is 0 Å². The minimum Gasteiger partial charge on any atom is -0.353 e. The lowest BCUT2D eigenvalue weighted by Gasteiger charge is -2.30. The van der Waals surface area contributed by atoms with Crippen LogP contribution in [0, 0.1) is 5.92 Å². The minimum atomic E-state index is -0.177. The molecular weight excluding hydrogens is 292 g/mol. The second kappa shape index (κ2) is 9.75. The SMILES string of the molecule is CC1CCCN(CCNC(=O)NCCC(=O)NC2CCCC2)C1.